The highest BCUT2D eigenvalue weighted by molar-refractivity contribution is 7.23. The average Bonchev–Trinajstić information content (AvgIpc) is 3.54. The lowest BCUT2D eigenvalue weighted by atomic mass is 10.1. The quantitative estimate of drug-likeness (QED) is 0.322. The predicted octanol–water partition coefficient (Wildman–Crippen LogP) is 5.98. The van der Waals surface area contributed by atoms with Crippen LogP contribution in [-0.2, 0) is 0 Å². The van der Waals surface area contributed by atoms with Crippen molar-refractivity contribution in [2.45, 2.75) is 0 Å². The SMILES string of the molecule is CN(C)c1ccc(Nc2nc(N)c(-c3nc(-c4cc(-c5ccccc5)no4)cs3)s2)cc1. The van der Waals surface area contributed by atoms with E-state index >= 15 is 0 Å². The number of nitrogen functional groups attached to an aromatic ring is 1. The molecule has 0 aliphatic carbocycles. The van der Waals surface area contributed by atoms with Crippen LogP contribution in [0.5, 0.6) is 0 Å². The van der Waals surface area contributed by atoms with Gasteiger partial charge in [0.05, 0.1) is 0 Å². The highest BCUT2D eigenvalue weighted by atomic mass is 32.1. The minimum atomic E-state index is 0.450. The van der Waals surface area contributed by atoms with Gasteiger partial charge in [0.15, 0.2) is 10.9 Å². The summed E-state index contributed by atoms with van der Waals surface area (Å²) in [5.41, 5.74) is 10.8. The van der Waals surface area contributed by atoms with Crippen LogP contribution in [0.4, 0.5) is 22.3 Å². The molecule has 160 valence electrons. The molecule has 3 N–H and O–H groups in total. The number of nitrogens with one attached hydrogen (secondary N) is 1. The minimum absolute atomic E-state index is 0.450. The Bertz CT molecular complexity index is 1340. The molecular formula is C23H20N6OS2. The molecule has 9 heteroatoms. The van der Waals surface area contributed by atoms with Gasteiger partial charge in [0.25, 0.3) is 0 Å². The molecule has 0 spiro atoms. The van der Waals surface area contributed by atoms with E-state index in [1.807, 2.05) is 68.0 Å². The molecule has 0 aliphatic heterocycles. The Hall–Kier alpha value is -3.69. The molecule has 3 aromatic heterocycles. The third-order valence-corrected chi connectivity index (χ3v) is 6.80. The number of rotatable bonds is 6. The first-order valence-corrected chi connectivity index (χ1v) is 11.6. The highest BCUT2D eigenvalue weighted by Crippen LogP contribution is 2.39. The number of hydrogen-bond donors (Lipinski definition) is 2. The van der Waals surface area contributed by atoms with Crippen LogP contribution in [0.2, 0.25) is 0 Å². The lowest BCUT2D eigenvalue weighted by Crippen LogP contribution is -2.08. The van der Waals surface area contributed by atoms with Gasteiger partial charge in [0.1, 0.15) is 27.1 Å². The van der Waals surface area contributed by atoms with Crippen molar-refractivity contribution in [2.75, 3.05) is 30.0 Å². The number of nitrogens with zero attached hydrogens (tertiary/aromatic N) is 4. The maximum Gasteiger partial charge on any atom is 0.189 e. The van der Waals surface area contributed by atoms with Crippen molar-refractivity contribution in [3.05, 3.63) is 66.0 Å². The van der Waals surface area contributed by atoms with Crippen molar-refractivity contribution in [2.24, 2.45) is 0 Å². The number of nitrogens with two attached hydrogens (primary N) is 1. The second kappa shape index (κ2) is 8.45. The lowest BCUT2D eigenvalue weighted by molar-refractivity contribution is 0.434. The van der Waals surface area contributed by atoms with Crippen molar-refractivity contribution in [3.8, 4) is 32.6 Å². The molecule has 0 fully saturated rings. The molecule has 3 heterocycles. The van der Waals surface area contributed by atoms with E-state index in [0.717, 1.165) is 43.3 Å². The van der Waals surface area contributed by atoms with Crippen molar-refractivity contribution in [1.82, 2.24) is 15.1 Å². The predicted molar refractivity (Wildman–Crippen MR) is 133 cm³/mol. The largest absolute Gasteiger partial charge is 0.382 e. The molecule has 5 rings (SSSR count). The van der Waals surface area contributed by atoms with Gasteiger partial charge in [0.2, 0.25) is 0 Å². The summed E-state index contributed by atoms with van der Waals surface area (Å²) in [4.78, 5) is 12.1. The normalized spacial score (nSPS) is 10.9. The Labute approximate surface area is 193 Å². The fourth-order valence-corrected chi connectivity index (χ4v) is 4.95. The van der Waals surface area contributed by atoms with Gasteiger partial charge < -0.3 is 20.5 Å². The van der Waals surface area contributed by atoms with Crippen LogP contribution < -0.4 is 16.0 Å². The molecule has 32 heavy (non-hydrogen) atoms. The molecule has 0 amide bonds. The van der Waals surface area contributed by atoms with Crippen LogP contribution >= 0.6 is 22.7 Å². The van der Waals surface area contributed by atoms with Crippen molar-refractivity contribution < 1.29 is 4.52 Å². The molecule has 0 unspecified atom stereocenters. The van der Waals surface area contributed by atoms with Gasteiger partial charge in [-0.3, -0.25) is 0 Å². The fraction of sp³-hybridized carbons (Fsp3) is 0.0870. The zero-order chi connectivity index (χ0) is 22.1. The monoisotopic (exact) mass is 460 g/mol. The number of thiazole rings is 2. The van der Waals surface area contributed by atoms with E-state index in [4.69, 9.17) is 15.2 Å². The summed E-state index contributed by atoms with van der Waals surface area (Å²) in [5, 5.41) is 10.9. The van der Waals surface area contributed by atoms with Crippen LogP contribution in [0.15, 0.2) is 70.6 Å². The Morgan fingerprint density at radius 3 is 2.50 bits per heavy atom. The van der Waals surface area contributed by atoms with Crippen molar-refractivity contribution in [3.63, 3.8) is 0 Å². The molecule has 0 saturated heterocycles. The molecule has 5 aromatic rings. The molecular weight excluding hydrogens is 440 g/mol. The van der Waals surface area contributed by atoms with Gasteiger partial charge in [-0.1, -0.05) is 46.8 Å². The summed E-state index contributed by atoms with van der Waals surface area (Å²) in [5.74, 6) is 1.07. The maximum absolute atomic E-state index is 6.20. The van der Waals surface area contributed by atoms with E-state index in [-0.39, 0.29) is 0 Å². The van der Waals surface area contributed by atoms with Gasteiger partial charge in [0, 0.05) is 42.5 Å². The minimum Gasteiger partial charge on any atom is -0.382 e. The number of hydrogen-bond acceptors (Lipinski definition) is 9. The Kier molecular flexibility index (Phi) is 5.34. The average molecular weight is 461 g/mol. The molecule has 0 atom stereocenters. The van der Waals surface area contributed by atoms with E-state index < -0.39 is 0 Å². The van der Waals surface area contributed by atoms with Gasteiger partial charge in [-0.15, -0.1) is 11.3 Å². The topological polar surface area (TPSA) is 93.1 Å². The third kappa shape index (κ3) is 4.08. The zero-order valence-electron chi connectivity index (χ0n) is 17.4. The van der Waals surface area contributed by atoms with Crippen LogP contribution in [0, 0.1) is 0 Å². The van der Waals surface area contributed by atoms with E-state index in [0.29, 0.717) is 11.6 Å². The summed E-state index contributed by atoms with van der Waals surface area (Å²) in [6.45, 7) is 0. The zero-order valence-corrected chi connectivity index (χ0v) is 19.1. The van der Waals surface area contributed by atoms with Gasteiger partial charge >= 0.3 is 0 Å². The summed E-state index contributed by atoms with van der Waals surface area (Å²) >= 11 is 2.97. The third-order valence-electron chi connectivity index (χ3n) is 4.82. The summed E-state index contributed by atoms with van der Waals surface area (Å²) < 4.78 is 5.53. The van der Waals surface area contributed by atoms with Crippen LogP contribution in [0.3, 0.4) is 0 Å². The summed E-state index contributed by atoms with van der Waals surface area (Å²) in [7, 11) is 4.03. The standard InChI is InChI=1S/C23H20N6OS2/c1-29(2)16-10-8-15(9-11-16)25-23-27-21(24)20(32-23)22-26-18(13-31-22)19-12-17(28-30-19)14-6-4-3-5-7-14/h3-13H,24H2,1-2H3,(H,25,27). The molecule has 0 radical (unpaired) electrons. The Balaban J connectivity index is 1.35. The fourth-order valence-electron chi connectivity index (χ4n) is 3.14. The van der Waals surface area contributed by atoms with Crippen molar-refractivity contribution >= 4 is 45.0 Å². The molecule has 0 saturated carbocycles. The number of benzene rings is 2. The van der Waals surface area contributed by atoms with E-state index in [1.165, 1.54) is 22.7 Å². The van der Waals surface area contributed by atoms with Gasteiger partial charge in [-0.05, 0) is 24.3 Å². The molecule has 0 aliphatic rings. The van der Waals surface area contributed by atoms with E-state index in [2.05, 4.69) is 32.5 Å². The molecule has 7 nitrogen and oxygen atoms in total. The second-order valence-corrected chi connectivity index (χ2v) is 9.14. The first-order valence-electron chi connectivity index (χ1n) is 9.86. The first-order chi connectivity index (χ1) is 15.6. The van der Waals surface area contributed by atoms with E-state index in [9.17, 15) is 0 Å². The maximum atomic E-state index is 6.20. The second-order valence-electron chi connectivity index (χ2n) is 7.28. The Morgan fingerprint density at radius 2 is 1.75 bits per heavy atom. The first kappa shape index (κ1) is 20.2. The van der Waals surface area contributed by atoms with Crippen molar-refractivity contribution in [1.29, 1.82) is 0 Å². The molecule has 0 bridgehead atoms. The summed E-state index contributed by atoms with van der Waals surface area (Å²) in [6.07, 6.45) is 0. The number of anilines is 4. The van der Waals surface area contributed by atoms with Gasteiger partial charge in [-0.25, -0.2) is 9.97 Å². The lowest BCUT2D eigenvalue weighted by Gasteiger charge is -2.12. The number of aromatic nitrogens is 3. The van der Waals surface area contributed by atoms with Crippen LogP contribution in [0.1, 0.15) is 0 Å². The summed E-state index contributed by atoms with van der Waals surface area (Å²) in [6, 6.07) is 19.9. The van der Waals surface area contributed by atoms with Crippen LogP contribution in [-0.4, -0.2) is 29.2 Å². The van der Waals surface area contributed by atoms with Crippen LogP contribution in [0.25, 0.3) is 32.6 Å². The highest BCUT2D eigenvalue weighted by Gasteiger charge is 2.17. The van der Waals surface area contributed by atoms with Gasteiger partial charge in [-0.2, -0.15) is 0 Å². The Morgan fingerprint density at radius 1 is 0.969 bits per heavy atom. The molecule has 2 aromatic carbocycles. The van der Waals surface area contributed by atoms with E-state index in [1.54, 1.807) is 0 Å². The smallest absolute Gasteiger partial charge is 0.189 e.